The first-order valence-electron chi connectivity index (χ1n) is 7.95. The van der Waals surface area contributed by atoms with Crippen molar-refractivity contribution in [3.63, 3.8) is 0 Å². The molecule has 2 rings (SSSR count). The largest absolute Gasteiger partial charge is 0.329 e. The van der Waals surface area contributed by atoms with Crippen LogP contribution in [0.2, 0.25) is 0 Å². The van der Waals surface area contributed by atoms with Crippen molar-refractivity contribution >= 4 is 0 Å². The smallest absolute Gasteiger partial charge is 0.182 e. The standard InChI is InChI=1S/C16H33N3O/c1-15(2,3)16(4)10-8-12(9-11-16)13-17-19(7)14(20-13)18(5)6/h12-14,17H,8-11H2,1-7H3. The Kier molecular flexibility index (Phi) is 4.51. The van der Waals surface area contributed by atoms with Crippen molar-refractivity contribution in [3.05, 3.63) is 0 Å². The van der Waals surface area contributed by atoms with Crippen LogP contribution < -0.4 is 5.43 Å². The second-order valence-electron chi connectivity index (χ2n) is 8.23. The molecule has 0 aromatic carbocycles. The molecule has 4 nitrogen and oxygen atoms in total. The second-order valence-corrected chi connectivity index (χ2v) is 8.23. The van der Waals surface area contributed by atoms with Crippen LogP contribution in [0.1, 0.15) is 53.4 Å². The van der Waals surface area contributed by atoms with E-state index in [9.17, 15) is 0 Å². The normalized spacial score (nSPS) is 40.5. The van der Waals surface area contributed by atoms with Gasteiger partial charge in [-0.1, -0.05) is 27.7 Å². The monoisotopic (exact) mass is 283 g/mol. The van der Waals surface area contributed by atoms with Crippen molar-refractivity contribution in [1.82, 2.24) is 15.3 Å². The Hall–Kier alpha value is -0.160. The van der Waals surface area contributed by atoms with Crippen LogP contribution in [0.15, 0.2) is 0 Å². The molecule has 2 fully saturated rings. The predicted octanol–water partition coefficient (Wildman–Crippen LogP) is 2.87. The molecular weight excluding hydrogens is 250 g/mol. The molecule has 1 saturated carbocycles. The van der Waals surface area contributed by atoms with Gasteiger partial charge in [0.25, 0.3) is 0 Å². The first kappa shape index (κ1) is 16.2. The third-order valence-electron chi connectivity index (χ3n) is 5.74. The van der Waals surface area contributed by atoms with E-state index in [-0.39, 0.29) is 12.6 Å². The Bertz CT molecular complexity index is 329. The summed E-state index contributed by atoms with van der Waals surface area (Å²) >= 11 is 0. The Labute approximate surface area is 124 Å². The highest BCUT2D eigenvalue weighted by Gasteiger charge is 2.44. The van der Waals surface area contributed by atoms with Crippen LogP contribution in [-0.2, 0) is 4.74 Å². The van der Waals surface area contributed by atoms with Gasteiger partial charge in [0.05, 0.1) is 0 Å². The number of nitrogens with zero attached hydrogens (tertiary/aromatic N) is 2. The zero-order chi connectivity index (χ0) is 15.1. The van der Waals surface area contributed by atoms with Gasteiger partial charge in [-0.15, -0.1) is 0 Å². The quantitative estimate of drug-likeness (QED) is 0.843. The van der Waals surface area contributed by atoms with Gasteiger partial charge in [-0.25, -0.2) is 10.4 Å². The summed E-state index contributed by atoms with van der Waals surface area (Å²) in [7, 11) is 6.18. The van der Waals surface area contributed by atoms with E-state index in [0.29, 0.717) is 16.7 Å². The molecule has 0 bridgehead atoms. The Morgan fingerprint density at radius 2 is 1.75 bits per heavy atom. The summed E-state index contributed by atoms with van der Waals surface area (Å²) in [6.07, 6.45) is 5.37. The molecule has 1 N–H and O–H groups in total. The van der Waals surface area contributed by atoms with E-state index >= 15 is 0 Å². The van der Waals surface area contributed by atoms with Crippen molar-refractivity contribution in [2.75, 3.05) is 21.1 Å². The van der Waals surface area contributed by atoms with Crippen LogP contribution in [0.5, 0.6) is 0 Å². The van der Waals surface area contributed by atoms with E-state index in [0.717, 1.165) is 0 Å². The van der Waals surface area contributed by atoms with Gasteiger partial charge >= 0.3 is 0 Å². The van der Waals surface area contributed by atoms with E-state index in [1.165, 1.54) is 25.7 Å². The summed E-state index contributed by atoms with van der Waals surface area (Å²) in [6.45, 7) is 9.61. The first-order chi connectivity index (χ1) is 9.14. The molecule has 1 saturated heterocycles. The first-order valence-corrected chi connectivity index (χ1v) is 7.95. The summed E-state index contributed by atoms with van der Waals surface area (Å²) in [5.74, 6) is 0.637. The molecule has 20 heavy (non-hydrogen) atoms. The van der Waals surface area contributed by atoms with Gasteiger partial charge in [0.15, 0.2) is 6.35 Å². The third kappa shape index (κ3) is 3.03. The minimum absolute atomic E-state index is 0.0518. The SMILES string of the molecule is CN(C)C1OC(C2CCC(C)(C(C)(C)C)CC2)NN1C. The van der Waals surface area contributed by atoms with Crippen molar-refractivity contribution in [2.45, 2.75) is 66.0 Å². The minimum atomic E-state index is 0.0518. The highest BCUT2D eigenvalue weighted by Crippen LogP contribution is 2.51. The molecule has 1 aliphatic carbocycles. The second kappa shape index (κ2) is 5.56. The van der Waals surface area contributed by atoms with E-state index in [1.807, 2.05) is 0 Å². The van der Waals surface area contributed by atoms with E-state index in [2.05, 4.69) is 64.2 Å². The zero-order valence-corrected chi connectivity index (χ0v) is 14.4. The maximum atomic E-state index is 6.17. The zero-order valence-electron chi connectivity index (χ0n) is 14.4. The highest BCUT2D eigenvalue weighted by molar-refractivity contribution is 4.92. The molecule has 118 valence electrons. The molecule has 1 heterocycles. The molecule has 0 radical (unpaired) electrons. The van der Waals surface area contributed by atoms with E-state index < -0.39 is 0 Å². The fraction of sp³-hybridized carbons (Fsp3) is 1.00. The van der Waals surface area contributed by atoms with Crippen molar-refractivity contribution < 1.29 is 4.74 Å². The number of hydrogen-bond acceptors (Lipinski definition) is 4. The van der Waals surface area contributed by atoms with Gasteiger partial charge in [0, 0.05) is 7.05 Å². The number of rotatable bonds is 2. The molecule has 1 aliphatic heterocycles. The number of hydrazine groups is 1. The van der Waals surface area contributed by atoms with E-state index in [4.69, 9.17) is 4.74 Å². The molecule has 0 spiro atoms. The topological polar surface area (TPSA) is 27.7 Å². The van der Waals surface area contributed by atoms with Crippen molar-refractivity contribution in [3.8, 4) is 0 Å². The van der Waals surface area contributed by atoms with Crippen LogP contribution in [0.25, 0.3) is 0 Å². The van der Waals surface area contributed by atoms with E-state index in [1.54, 1.807) is 0 Å². The molecule has 0 aromatic heterocycles. The van der Waals surface area contributed by atoms with Gasteiger partial charge in [0.2, 0.25) is 0 Å². The molecule has 2 unspecified atom stereocenters. The Balaban J connectivity index is 1.92. The summed E-state index contributed by atoms with van der Waals surface area (Å²) in [6, 6.07) is 0. The Morgan fingerprint density at radius 1 is 1.20 bits per heavy atom. The molecule has 0 amide bonds. The average Bonchev–Trinajstić information content (AvgIpc) is 2.71. The third-order valence-corrected chi connectivity index (χ3v) is 5.74. The fourth-order valence-corrected chi connectivity index (χ4v) is 3.53. The fourth-order valence-electron chi connectivity index (χ4n) is 3.53. The average molecular weight is 283 g/mol. The lowest BCUT2D eigenvalue weighted by molar-refractivity contribution is -0.101. The summed E-state index contributed by atoms with van der Waals surface area (Å²) in [5.41, 5.74) is 4.35. The lowest BCUT2D eigenvalue weighted by Gasteiger charge is -2.47. The van der Waals surface area contributed by atoms with Crippen LogP contribution in [0, 0.1) is 16.7 Å². The van der Waals surface area contributed by atoms with Crippen molar-refractivity contribution in [2.24, 2.45) is 16.7 Å². The van der Waals surface area contributed by atoms with Crippen LogP contribution in [0.3, 0.4) is 0 Å². The molecule has 2 aliphatic rings. The summed E-state index contributed by atoms with van der Waals surface area (Å²) < 4.78 is 6.17. The highest BCUT2D eigenvalue weighted by atomic mass is 16.6. The predicted molar refractivity (Wildman–Crippen MR) is 82.8 cm³/mol. The van der Waals surface area contributed by atoms with Gasteiger partial charge in [-0.05, 0) is 56.5 Å². The lowest BCUT2D eigenvalue weighted by atomic mass is 9.59. The van der Waals surface area contributed by atoms with Crippen molar-refractivity contribution in [1.29, 1.82) is 0 Å². The molecule has 0 aromatic rings. The summed E-state index contributed by atoms with van der Waals surface area (Å²) in [4.78, 5) is 2.11. The van der Waals surface area contributed by atoms with Gasteiger partial charge in [-0.2, -0.15) is 0 Å². The maximum Gasteiger partial charge on any atom is 0.182 e. The van der Waals surface area contributed by atoms with Crippen LogP contribution in [-0.4, -0.2) is 43.6 Å². The summed E-state index contributed by atoms with van der Waals surface area (Å²) in [5, 5.41) is 2.09. The lowest BCUT2D eigenvalue weighted by Crippen LogP contribution is -2.44. The van der Waals surface area contributed by atoms with Crippen LogP contribution >= 0.6 is 0 Å². The Morgan fingerprint density at radius 3 is 2.15 bits per heavy atom. The van der Waals surface area contributed by atoms with Gasteiger partial charge < -0.3 is 4.74 Å². The van der Waals surface area contributed by atoms with Crippen LogP contribution in [0.4, 0.5) is 0 Å². The minimum Gasteiger partial charge on any atom is -0.329 e. The molecular formula is C16H33N3O. The van der Waals surface area contributed by atoms with Gasteiger partial charge in [-0.3, -0.25) is 4.90 Å². The number of nitrogens with one attached hydrogen (secondary N) is 1. The molecule has 2 atom stereocenters. The van der Waals surface area contributed by atoms with Gasteiger partial charge in [0.1, 0.15) is 6.23 Å². The number of hydrogen-bond donors (Lipinski definition) is 1. The molecule has 4 heteroatoms. The maximum absolute atomic E-state index is 6.17. The number of ether oxygens (including phenoxy) is 1.